The minimum atomic E-state index is -1.01. The summed E-state index contributed by atoms with van der Waals surface area (Å²) in [5.74, 6) is -0.327. The third kappa shape index (κ3) is 7.39. The maximum atomic E-state index is 10.9. The maximum absolute atomic E-state index is 10.9. The number of rotatable bonds is 8. The standard InChI is InChI=1S/C12H21NO5S/c1-9(14)13-10(12(15)16)8-19-7-6-18-11-4-2-3-5-17-11/h10-11H,2-8H2,1H3,(H,13,14)(H,15,16). The SMILES string of the molecule is CC(=O)NC(CSCCOC1CCCCO1)C(=O)O. The van der Waals surface area contributed by atoms with Gasteiger partial charge in [-0.1, -0.05) is 0 Å². The van der Waals surface area contributed by atoms with Crippen molar-refractivity contribution in [1.29, 1.82) is 0 Å². The zero-order chi connectivity index (χ0) is 14.1. The molecule has 2 N–H and O–H groups in total. The molecule has 2 unspecified atom stereocenters. The molecule has 0 aromatic rings. The van der Waals surface area contributed by atoms with Gasteiger partial charge in [0.15, 0.2) is 6.29 Å². The number of carbonyl (C=O) groups is 2. The van der Waals surface area contributed by atoms with Gasteiger partial charge in [0.1, 0.15) is 6.04 Å². The Labute approximate surface area is 117 Å². The minimum absolute atomic E-state index is 0.111. The highest BCUT2D eigenvalue weighted by atomic mass is 32.2. The number of carboxylic acids is 1. The van der Waals surface area contributed by atoms with Crippen LogP contribution < -0.4 is 5.32 Å². The number of nitrogens with one attached hydrogen (secondary N) is 1. The lowest BCUT2D eigenvalue weighted by Crippen LogP contribution is -2.41. The maximum Gasteiger partial charge on any atom is 0.327 e. The van der Waals surface area contributed by atoms with Gasteiger partial charge in [-0.2, -0.15) is 11.8 Å². The first-order chi connectivity index (χ1) is 9.09. The van der Waals surface area contributed by atoms with Crippen LogP contribution in [-0.2, 0) is 19.1 Å². The van der Waals surface area contributed by atoms with Crippen LogP contribution in [0, 0.1) is 0 Å². The van der Waals surface area contributed by atoms with Crippen molar-refractivity contribution in [3.8, 4) is 0 Å². The summed E-state index contributed by atoms with van der Waals surface area (Å²) in [4.78, 5) is 21.7. The zero-order valence-electron chi connectivity index (χ0n) is 11.1. The number of hydrogen-bond donors (Lipinski definition) is 2. The van der Waals surface area contributed by atoms with Crippen molar-refractivity contribution in [2.45, 2.75) is 38.5 Å². The van der Waals surface area contributed by atoms with Crippen molar-refractivity contribution in [3.63, 3.8) is 0 Å². The van der Waals surface area contributed by atoms with Gasteiger partial charge in [-0.3, -0.25) is 4.79 Å². The molecule has 0 bridgehead atoms. The third-order valence-electron chi connectivity index (χ3n) is 2.63. The van der Waals surface area contributed by atoms with Gasteiger partial charge in [0, 0.05) is 25.0 Å². The predicted molar refractivity (Wildman–Crippen MR) is 72.1 cm³/mol. The topological polar surface area (TPSA) is 84.9 Å². The highest BCUT2D eigenvalue weighted by Crippen LogP contribution is 2.14. The highest BCUT2D eigenvalue weighted by molar-refractivity contribution is 7.99. The molecule has 0 spiro atoms. The molecule has 1 fully saturated rings. The Kier molecular flexibility index (Phi) is 7.85. The molecular weight excluding hydrogens is 270 g/mol. The van der Waals surface area contributed by atoms with Crippen molar-refractivity contribution in [1.82, 2.24) is 5.32 Å². The second kappa shape index (κ2) is 9.17. The highest BCUT2D eigenvalue weighted by Gasteiger charge is 2.18. The Hall–Kier alpha value is -0.790. The van der Waals surface area contributed by atoms with Crippen molar-refractivity contribution in [2.75, 3.05) is 24.7 Å². The third-order valence-corrected chi connectivity index (χ3v) is 3.65. The summed E-state index contributed by atoms with van der Waals surface area (Å²) in [7, 11) is 0. The zero-order valence-corrected chi connectivity index (χ0v) is 11.9. The number of ether oxygens (including phenoxy) is 2. The normalized spacial score (nSPS) is 20.8. The summed E-state index contributed by atoms with van der Waals surface area (Å²) in [6, 6.07) is -0.839. The van der Waals surface area contributed by atoms with Gasteiger partial charge in [0.05, 0.1) is 6.61 Å². The van der Waals surface area contributed by atoms with Gasteiger partial charge in [-0.25, -0.2) is 4.79 Å². The molecule has 2 atom stereocenters. The van der Waals surface area contributed by atoms with E-state index in [0.717, 1.165) is 25.9 Å². The van der Waals surface area contributed by atoms with Crippen LogP contribution in [0.15, 0.2) is 0 Å². The van der Waals surface area contributed by atoms with E-state index in [4.69, 9.17) is 14.6 Å². The van der Waals surface area contributed by atoms with E-state index in [1.54, 1.807) is 0 Å². The first-order valence-electron chi connectivity index (χ1n) is 6.40. The Morgan fingerprint density at radius 1 is 1.53 bits per heavy atom. The fraction of sp³-hybridized carbons (Fsp3) is 0.833. The van der Waals surface area contributed by atoms with Crippen molar-refractivity contribution in [2.24, 2.45) is 0 Å². The number of hydrogen-bond acceptors (Lipinski definition) is 5. The smallest absolute Gasteiger partial charge is 0.327 e. The fourth-order valence-electron chi connectivity index (χ4n) is 1.70. The second-order valence-electron chi connectivity index (χ2n) is 4.33. The summed E-state index contributed by atoms with van der Waals surface area (Å²) in [5, 5.41) is 11.3. The van der Waals surface area contributed by atoms with Crippen LogP contribution in [0.4, 0.5) is 0 Å². The number of thioether (sulfide) groups is 1. The van der Waals surface area contributed by atoms with Gasteiger partial charge in [0.2, 0.25) is 5.91 Å². The van der Waals surface area contributed by atoms with E-state index in [1.165, 1.54) is 18.7 Å². The van der Waals surface area contributed by atoms with Crippen LogP contribution in [0.1, 0.15) is 26.2 Å². The van der Waals surface area contributed by atoms with E-state index in [9.17, 15) is 9.59 Å². The molecule has 0 aromatic heterocycles. The van der Waals surface area contributed by atoms with E-state index < -0.39 is 12.0 Å². The summed E-state index contributed by atoms with van der Waals surface area (Å²) in [5.41, 5.74) is 0. The van der Waals surface area contributed by atoms with Gasteiger partial charge in [0.25, 0.3) is 0 Å². The molecular formula is C12H21NO5S. The summed E-state index contributed by atoms with van der Waals surface area (Å²) in [6.45, 7) is 2.59. The molecule has 0 aromatic carbocycles. The predicted octanol–water partition coefficient (Wildman–Crippen LogP) is 0.852. The molecule has 0 saturated carbocycles. The van der Waals surface area contributed by atoms with Crippen LogP contribution in [-0.4, -0.2) is 54.0 Å². The van der Waals surface area contributed by atoms with Crippen molar-refractivity contribution in [3.05, 3.63) is 0 Å². The molecule has 1 amide bonds. The second-order valence-corrected chi connectivity index (χ2v) is 5.48. The van der Waals surface area contributed by atoms with Crippen LogP contribution >= 0.6 is 11.8 Å². The molecule has 19 heavy (non-hydrogen) atoms. The molecule has 110 valence electrons. The minimum Gasteiger partial charge on any atom is -0.480 e. The molecule has 1 rings (SSSR count). The molecule has 1 heterocycles. The monoisotopic (exact) mass is 291 g/mol. The lowest BCUT2D eigenvalue weighted by Gasteiger charge is -2.22. The summed E-state index contributed by atoms with van der Waals surface area (Å²) >= 11 is 1.44. The van der Waals surface area contributed by atoms with E-state index >= 15 is 0 Å². The number of carbonyl (C=O) groups excluding carboxylic acids is 1. The van der Waals surface area contributed by atoms with Gasteiger partial charge < -0.3 is 19.9 Å². The lowest BCUT2D eigenvalue weighted by atomic mass is 10.2. The number of aliphatic carboxylic acids is 1. The Bertz CT molecular complexity index is 294. The molecule has 6 nitrogen and oxygen atoms in total. The first kappa shape index (κ1) is 16.3. The van der Waals surface area contributed by atoms with Crippen LogP contribution in [0.2, 0.25) is 0 Å². The average molecular weight is 291 g/mol. The molecule has 1 aliphatic heterocycles. The number of carboxylic acid groups (broad SMARTS) is 1. The van der Waals surface area contributed by atoms with Crippen LogP contribution in [0.25, 0.3) is 0 Å². The largest absolute Gasteiger partial charge is 0.480 e. The van der Waals surface area contributed by atoms with Crippen molar-refractivity contribution < 1.29 is 24.2 Å². The van der Waals surface area contributed by atoms with Crippen molar-refractivity contribution >= 4 is 23.6 Å². The van der Waals surface area contributed by atoms with Gasteiger partial charge in [-0.15, -0.1) is 0 Å². The van der Waals surface area contributed by atoms with Crippen LogP contribution in [0.5, 0.6) is 0 Å². The van der Waals surface area contributed by atoms with E-state index in [-0.39, 0.29) is 12.2 Å². The Balaban J connectivity index is 2.07. The molecule has 1 saturated heterocycles. The van der Waals surface area contributed by atoms with Crippen LogP contribution in [0.3, 0.4) is 0 Å². The number of amides is 1. The molecule has 0 aliphatic carbocycles. The Morgan fingerprint density at radius 3 is 2.89 bits per heavy atom. The fourth-order valence-corrected chi connectivity index (χ4v) is 2.54. The summed E-state index contributed by atoms with van der Waals surface area (Å²) in [6.07, 6.45) is 3.03. The van der Waals surface area contributed by atoms with E-state index in [2.05, 4.69) is 5.32 Å². The Morgan fingerprint density at radius 2 is 2.32 bits per heavy atom. The molecule has 1 aliphatic rings. The van der Waals surface area contributed by atoms with E-state index in [1.807, 2.05) is 0 Å². The van der Waals surface area contributed by atoms with E-state index in [0.29, 0.717) is 18.1 Å². The lowest BCUT2D eigenvalue weighted by molar-refractivity contribution is -0.158. The molecule has 0 radical (unpaired) electrons. The molecule has 7 heteroatoms. The summed E-state index contributed by atoms with van der Waals surface area (Å²) < 4.78 is 10.9. The van der Waals surface area contributed by atoms with Gasteiger partial charge >= 0.3 is 5.97 Å². The van der Waals surface area contributed by atoms with Gasteiger partial charge in [-0.05, 0) is 19.3 Å². The quantitative estimate of drug-likeness (QED) is 0.645. The average Bonchev–Trinajstić information content (AvgIpc) is 2.37. The first-order valence-corrected chi connectivity index (χ1v) is 7.56.